The smallest absolute Gasteiger partial charge is 0.195 e. The number of halogens is 1. The molecule has 0 atom stereocenters. The summed E-state index contributed by atoms with van der Waals surface area (Å²) in [5.41, 5.74) is 0.568. The van der Waals surface area contributed by atoms with Crippen molar-refractivity contribution in [2.45, 2.75) is 6.54 Å². The van der Waals surface area contributed by atoms with E-state index in [1.165, 1.54) is 0 Å². The molecule has 0 aliphatic rings. The highest BCUT2D eigenvalue weighted by molar-refractivity contribution is 9.10. The summed E-state index contributed by atoms with van der Waals surface area (Å²) in [4.78, 5) is 12.0. The van der Waals surface area contributed by atoms with Gasteiger partial charge in [-0.3, -0.25) is 9.48 Å². The quantitative estimate of drug-likeness (QED) is 0.446. The fraction of sp³-hybridized carbons (Fsp3) is 0.455. The maximum atomic E-state index is 12.0. The summed E-state index contributed by atoms with van der Waals surface area (Å²) >= 11 is 3.33. The van der Waals surface area contributed by atoms with Crippen molar-refractivity contribution in [2.24, 2.45) is 0 Å². The second-order valence-corrected chi connectivity index (χ2v) is 4.25. The number of rotatable bonds is 8. The lowest BCUT2D eigenvalue weighted by molar-refractivity contribution is 0.0977. The van der Waals surface area contributed by atoms with Crippen molar-refractivity contribution in [3.05, 3.63) is 29.0 Å². The number of hydrogen-bond acceptors (Lipinski definition) is 4. The summed E-state index contributed by atoms with van der Waals surface area (Å²) < 4.78 is 7.32. The third-order valence-corrected chi connectivity index (χ3v) is 2.72. The zero-order chi connectivity index (χ0) is 12.7. The van der Waals surface area contributed by atoms with Crippen LogP contribution in [0.4, 0.5) is 0 Å². The zero-order valence-electron chi connectivity index (χ0n) is 9.78. The summed E-state index contributed by atoms with van der Waals surface area (Å²) in [6.45, 7) is 5.54. The minimum atomic E-state index is -0.00710. The lowest BCUT2D eigenvalue weighted by atomic mass is 10.3. The lowest BCUT2D eigenvalue weighted by Crippen LogP contribution is -2.26. The van der Waals surface area contributed by atoms with Gasteiger partial charge in [0.2, 0.25) is 0 Å². The van der Waals surface area contributed by atoms with Gasteiger partial charge in [0.15, 0.2) is 5.78 Å². The van der Waals surface area contributed by atoms with Gasteiger partial charge in [-0.05, 0) is 15.9 Å². The topological polar surface area (TPSA) is 56.2 Å². The summed E-state index contributed by atoms with van der Waals surface area (Å²) in [6.07, 6.45) is 3.33. The molecule has 1 rings (SSSR count). The van der Waals surface area contributed by atoms with Gasteiger partial charge in [0.05, 0.1) is 30.4 Å². The Morgan fingerprint density at radius 2 is 2.53 bits per heavy atom. The molecule has 0 bridgehead atoms. The molecular formula is C11H16BrN3O2. The van der Waals surface area contributed by atoms with E-state index in [-0.39, 0.29) is 12.3 Å². The summed E-state index contributed by atoms with van der Waals surface area (Å²) in [5.74, 6) is -0.00710. The van der Waals surface area contributed by atoms with Crippen LogP contribution in [0.1, 0.15) is 10.5 Å². The molecule has 17 heavy (non-hydrogen) atoms. The molecule has 0 saturated carbocycles. The zero-order valence-corrected chi connectivity index (χ0v) is 11.4. The molecule has 0 spiro atoms. The molecule has 1 aromatic rings. The Kier molecular flexibility index (Phi) is 6.10. The third kappa shape index (κ3) is 4.07. The molecule has 6 heteroatoms. The largest absolute Gasteiger partial charge is 0.383 e. The molecule has 0 aliphatic heterocycles. The summed E-state index contributed by atoms with van der Waals surface area (Å²) in [7, 11) is 1.62. The lowest BCUT2D eigenvalue weighted by Gasteiger charge is -2.07. The van der Waals surface area contributed by atoms with E-state index in [0.717, 1.165) is 0 Å². The Morgan fingerprint density at radius 3 is 3.18 bits per heavy atom. The first kappa shape index (κ1) is 14.1. The second kappa shape index (κ2) is 7.37. The molecule has 0 saturated heterocycles. The maximum Gasteiger partial charge on any atom is 0.195 e. The van der Waals surface area contributed by atoms with Crippen LogP contribution < -0.4 is 5.32 Å². The van der Waals surface area contributed by atoms with Crippen LogP contribution in [0.2, 0.25) is 0 Å². The van der Waals surface area contributed by atoms with Crippen LogP contribution >= 0.6 is 15.9 Å². The van der Waals surface area contributed by atoms with Crippen LogP contribution in [-0.4, -0.2) is 42.4 Å². The Labute approximate surface area is 109 Å². The second-order valence-electron chi connectivity index (χ2n) is 3.40. The molecular weight excluding hydrogens is 286 g/mol. The van der Waals surface area contributed by atoms with Crippen molar-refractivity contribution in [3.8, 4) is 0 Å². The Hall–Kier alpha value is -0.980. The normalized spacial score (nSPS) is 10.5. The maximum absolute atomic E-state index is 12.0. The van der Waals surface area contributed by atoms with Crippen molar-refractivity contribution in [1.29, 1.82) is 0 Å². The van der Waals surface area contributed by atoms with Crippen LogP contribution in [-0.2, 0) is 11.3 Å². The number of Topliss-reactive ketones (excluding diaryl/α,β-unsaturated/α-hetero) is 1. The van der Waals surface area contributed by atoms with Crippen LogP contribution in [0, 0.1) is 0 Å². The van der Waals surface area contributed by atoms with Crippen molar-refractivity contribution < 1.29 is 9.53 Å². The molecule has 0 aliphatic carbocycles. The van der Waals surface area contributed by atoms with Gasteiger partial charge in [0.25, 0.3) is 0 Å². The van der Waals surface area contributed by atoms with E-state index in [1.807, 2.05) is 0 Å². The van der Waals surface area contributed by atoms with E-state index in [1.54, 1.807) is 24.1 Å². The van der Waals surface area contributed by atoms with Crippen LogP contribution in [0.25, 0.3) is 0 Å². The van der Waals surface area contributed by atoms with Gasteiger partial charge in [0, 0.05) is 13.7 Å². The fourth-order valence-electron chi connectivity index (χ4n) is 1.36. The monoisotopic (exact) mass is 301 g/mol. The Balaban J connectivity index is 2.69. The van der Waals surface area contributed by atoms with Gasteiger partial charge in [0.1, 0.15) is 5.69 Å². The highest BCUT2D eigenvalue weighted by atomic mass is 79.9. The van der Waals surface area contributed by atoms with Gasteiger partial charge in [-0.1, -0.05) is 6.08 Å². The molecule has 0 fully saturated rings. The molecule has 0 aromatic carbocycles. The van der Waals surface area contributed by atoms with Crippen LogP contribution in [0.15, 0.2) is 23.3 Å². The highest BCUT2D eigenvalue weighted by Crippen LogP contribution is 2.16. The number of ketones is 1. The van der Waals surface area contributed by atoms with Gasteiger partial charge in [-0.15, -0.1) is 6.58 Å². The molecule has 0 amide bonds. The van der Waals surface area contributed by atoms with E-state index in [0.29, 0.717) is 29.9 Å². The van der Waals surface area contributed by atoms with Gasteiger partial charge in [-0.2, -0.15) is 5.10 Å². The molecule has 0 radical (unpaired) electrons. The van der Waals surface area contributed by atoms with E-state index in [4.69, 9.17) is 4.74 Å². The number of ether oxygens (including phenoxy) is 1. The minimum Gasteiger partial charge on any atom is -0.383 e. The van der Waals surface area contributed by atoms with Crippen LogP contribution in [0.3, 0.4) is 0 Å². The average molecular weight is 302 g/mol. The number of aromatic nitrogens is 2. The van der Waals surface area contributed by atoms with Crippen LogP contribution in [0.5, 0.6) is 0 Å². The predicted molar refractivity (Wildman–Crippen MR) is 69.2 cm³/mol. The first-order valence-corrected chi connectivity index (χ1v) is 6.05. The minimum absolute atomic E-state index is 0.00710. The highest BCUT2D eigenvalue weighted by Gasteiger charge is 2.16. The molecule has 1 heterocycles. The van der Waals surface area contributed by atoms with Gasteiger partial charge >= 0.3 is 0 Å². The number of nitrogens with zero attached hydrogens (tertiary/aromatic N) is 2. The van der Waals surface area contributed by atoms with Gasteiger partial charge < -0.3 is 10.1 Å². The SMILES string of the molecule is C=CCNCC(=O)c1c(Br)cnn1CCOC. The standard InChI is InChI=1S/C11H16BrN3O2/c1-3-4-13-8-10(16)11-9(12)7-14-15(11)5-6-17-2/h3,7,13H,1,4-6,8H2,2H3. The van der Waals surface area contributed by atoms with E-state index in [9.17, 15) is 4.79 Å². The number of hydrogen-bond donors (Lipinski definition) is 1. The number of carbonyl (C=O) groups excluding carboxylic acids is 1. The van der Waals surface area contributed by atoms with Gasteiger partial charge in [-0.25, -0.2) is 0 Å². The van der Waals surface area contributed by atoms with Crippen molar-refractivity contribution in [2.75, 3.05) is 26.8 Å². The van der Waals surface area contributed by atoms with Crippen molar-refractivity contribution in [3.63, 3.8) is 0 Å². The van der Waals surface area contributed by atoms with E-state index < -0.39 is 0 Å². The Morgan fingerprint density at radius 1 is 1.76 bits per heavy atom. The molecule has 0 unspecified atom stereocenters. The molecule has 5 nitrogen and oxygen atoms in total. The molecule has 94 valence electrons. The summed E-state index contributed by atoms with van der Waals surface area (Å²) in [6, 6.07) is 0. The van der Waals surface area contributed by atoms with Crippen molar-refractivity contribution >= 4 is 21.7 Å². The first-order chi connectivity index (χ1) is 8.20. The Bertz CT molecular complexity index is 390. The number of nitrogens with one attached hydrogen (secondary N) is 1. The average Bonchev–Trinajstić information content (AvgIpc) is 2.68. The third-order valence-electron chi connectivity index (χ3n) is 2.14. The number of carbonyl (C=O) groups is 1. The number of methoxy groups -OCH3 is 1. The van der Waals surface area contributed by atoms with E-state index in [2.05, 4.69) is 32.9 Å². The van der Waals surface area contributed by atoms with E-state index >= 15 is 0 Å². The molecule has 1 aromatic heterocycles. The molecule has 1 N–H and O–H groups in total. The first-order valence-electron chi connectivity index (χ1n) is 5.25. The fourth-order valence-corrected chi connectivity index (χ4v) is 1.88. The predicted octanol–water partition coefficient (Wildman–Crippen LogP) is 1.25. The van der Waals surface area contributed by atoms with Crippen molar-refractivity contribution in [1.82, 2.24) is 15.1 Å². The summed E-state index contributed by atoms with van der Waals surface area (Å²) in [5, 5.41) is 7.10.